The van der Waals surface area contributed by atoms with Crippen LogP contribution in [0.2, 0.25) is 0 Å². The highest BCUT2D eigenvalue weighted by atomic mass is 19.1. The number of hydrogen-bond donors (Lipinski definition) is 3. The van der Waals surface area contributed by atoms with E-state index < -0.39 is 23.6 Å². The molecule has 0 bridgehead atoms. The molecule has 2 aromatic carbocycles. The molecular formula is C25H32F2N4O3. The molecule has 1 atom stereocenters. The van der Waals surface area contributed by atoms with Gasteiger partial charge in [0.25, 0.3) is 5.91 Å². The molecule has 1 heterocycles. The molecule has 0 aliphatic rings. The minimum absolute atomic E-state index is 0.108. The maximum absolute atomic E-state index is 14.3. The number of aliphatic hydroxyl groups is 1. The molecule has 0 fully saturated rings. The summed E-state index contributed by atoms with van der Waals surface area (Å²) in [6.07, 6.45) is 2.18. The van der Waals surface area contributed by atoms with Crippen molar-refractivity contribution in [2.75, 3.05) is 13.2 Å². The Morgan fingerprint density at radius 2 is 1.91 bits per heavy atom. The van der Waals surface area contributed by atoms with E-state index in [0.29, 0.717) is 25.4 Å². The first-order chi connectivity index (χ1) is 16.2. The SMILES string of the molecule is CC(C)Cn1ncc2cc(Oc3ccc(F)cc3F)c(C(=O)N[C@H](CO)CCNC(C)C)cc21. The van der Waals surface area contributed by atoms with E-state index in [1.807, 2.05) is 13.8 Å². The van der Waals surface area contributed by atoms with Crippen LogP contribution in [0.25, 0.3) is 10.9 Å². The molecule has 34 heavy (non-hydrogen) atoms. The lowest BCUT2D eigenvalue weighted by molar-refractivity contribution is 0.0910. The summed E-state index contributed by atoms with van der Waals surface area (Å²) in [6.45, 7) is 9.19. The second kappa shape index (κ2) is 11.4. The lowest BCUT2D eigenvalue weighted by Crippen LogP contribution is -2.40. The van der Waals surface area contributed by atoms with Crippen molar-refractivity contribution >= 4 is 16.8 Å². The number of aromatic nitrogens is 2. The third-order valence-electron chi connectivity index (χ3n) is 5.24. The maximum Gasteiger partial charge on any atom is 0.255 e. The quantitative estimate of drug-likeness (QED) is 0.387. The Morgan fingerprint density at radius 1 is 1.15 bits per heavy atom. The average Bonchev–Trinajstić information content (AvgIpc) is 3.15. The van der Waals surface area contributed by atoms with Crippen LogP contribution in [0.1, 0.15) is 44.5 Å². The second-order valence-electron chi connectivity index (χ2n) is 9.05. The largest absolute Gasteiger partial charge is 0.453 e. The molecule has 0 saturated heterocycles. The fraction of sp³-hybridized carbons (Fsp3) is 0.440. The van der Waals surface area contributed by atoms with Gasteiger partial charge in [0.2, 0.25) is 0 Å². The summed E-state index contributed by atoms with van der Waals surface area (Å²) < 4.78 is 35.2. The number of hydrogen-bond acceptors (Lipinski definition) is 5. The van der Waals surface area contributed by atoms with Gasteiger partial charge in [0, 0.05) is 24.0 Å². The number of nitrogens with zero attached hydrogens (tertiary/aromatic N) is 2. The van der Waals surface area contributed by atoms with Crippen molar-refractivity contribution in [3.8, 4) is 11.5 Å². The van der Waals surface area contributed by atoms with E-state index in [-0.39, 0.29) is 29.7 Å². The first kappa shape index (κ1) is 25.6. The summed E-state index contributed by atoms with van der Waals surface area (Å²) in [5, 5.41) is 21.0. The third kappa shape index (κ3) is 6.51. The van der Waals surface area contributed by atoms with Crippen LogP contribution in [0.3, 0.4) is 0 Å². The average molecular weight is 475 g/mol. The molecule has 7 nitrogen and oxygen atoms in total. The highest BCUT2D eigenvalue weighted by Gasteiger charge is 2.21. The highest BCUT2D eigenvalue weighted by Crippen LogP contribution is 2.32. The zero-order valence-electron chi connectivity index (χ0n) is 19.9. The van der Waals surface area contributed by atoms with Gasteiger partial charge in [0.05, 0.1) is 29.9 Å². The van der Waals surface area contributed by atoms with Gasteiger partial charge in [-0.15, -0.1) is 0 Å². The maximum atomic E-state index is 14.3. The summed E-state index contributed by atoms with van der Waals surface area (Å²) in [5.41, 5.74) is 0.893. The number of carbonyl (C=O) groups excluding carboxylic acids is 1. The first-order valence-corrected chi connectivity index (χ1v) is 11.5. The van der Waals surface area contributed by atoms with Gasteiger partial charge in [-0.2, -0.15) is 5.10 Å². The van der Waals surface area contributed by atoms with Crippen LogP contribution < -0.4 is 15.4 Å². The van der Waals surface area contributed by atoms with Crippen LogP contribution in [0.5, 0.6) is 11.5 Å². The fourth-order valence-electron chi connectivity index (χ4n) is 3.55. The van der Waals surface area contributed by atoms with Crippen LogP contribution in [0.4, 0.5) is 8.78 Å². The Bertz CT molecular complexity index is 1130. The third-order valence-corrected chi connectivity index (χ3v) is 5.24. The van der Waals surface area contributed by atoms with Crippen LogP contribution in [0, 0.1) is 17.6 Å². The number of rotatable bonds is 11. The minimum atomic E-state index is -0.880. The number of benzene rings is 2. The number of carbonyl (C=O) groups is 1. The van der Waals surface area contributed by atoms with Crippen molar-refractivity contribution in [3.63, 3.8) is 0 Å². The van der Waals surface area contributed by atoms with E-state index in [1.54, 1.807) is 23.0 Å². The van der Waals surface area contributed by atoms with E-state index >= 15 is 0 Å². The molecule has 3 aromatic rings. The number of nitrogens with one attached hydrogen (secondary N) is 2. The van der Waals surface area contributed by atoms with E-state index in [4.69, 9.17) is 4.74 Å². The van der Waals surface area contributed by atoms with Gasteiger partial charge in [-0.3, -0.25) is 9.48 Å². The zero-order valence-corrected chi connectivity index (χ0v) is 19.9. The highest BCUT2D eigenvalue weighted by molar-refractivity contribution is 6.01. The minimum Gasteiger partial charge on any atom is -0.453 e. The van der Waals surface area contributed by atoms with Crippen LogP contribution in [-0.4, -0.2) is 46.0 Å². The summed E-state index contributed by atoms with van der Waals surface area (Å²) in [6, 6.07) is 6.04. The van der Waals surface area contributed by atoms with Crippen molar-refractivity contribution in [1.29, 1.82) is 0 Å². The number of aliphatic hydroxyl groups excluding tert-OH is 1. The Kier molecular flexibility index (Phi) is 8.57. The van der Waals surface area contributed by atoms with Crippen LogP contribution in [0.15, 0.2) is 36.5 Å². The van der Waals surface area contributed by atoms with Crippen LogP contribution >= 0.6 is 0 Å². The fourth-order valence-corrected chi connectivity index (χ4v) is 3.55. The number of amides is 1. The molecule has 0 saturated carbocycles. The van der Waals surface area contributed by atoms with Gasteiger partial charge in [-0.1, -0.05) is 27.7 Å². The van der Waals surface area contributed by atoms with Gasteiger partial charge < -0.3 is 20.5 Å². The lowest BCUT2D eigenvalue weighted by atomic mass is 10.1. The predicted octanol–water partition coefficient (Wildman–Crippen LogP) is 4.24. The molecule has 184 valence electrons. The van der Waals surface area contributed by atoms with Crippen molar-refractivity contribution in [2.45, 2.75) is 52.7 Å². The van der Waals surface area contributed by atoms with Crippen molar-refractivity contribution < 1.29 is 23.4 Å². The Labute approximate surface area is 198 Å². The number of halogens is 2. The molecular weight excluding hydrogens is 442 g/mol. The van der Waals surface area contributed by atoms with Gasteiger partial charge >= 0.3 is 0 Å². The molecule has 9 heteroatoms. The van der Waals surface area contributed by atoms with E-state index in [0.717, 1.165) is 23.0 Å². The van der Waals surface area contributed by atoms with Crippen molar-refractivity contribution in [2.24, 2.45) is 5.92 Å². The van der Waals surface area contributed by atoms with Gasteiger partial charge in [-0.25, -0.2) is 8.78 Å². The zero-order chi connectivity index (χ0) is 24.8. The normalized spacial score (nSPS) is 12.5. The topological polar surface area (TPSA) is 88.4 Å². The molecule has 1 amide bonds. The van der Waals surface area contributed by atoms with Crippen molar-refractivity contribution in [3.05, 3.63) is 53.7 Å². The Morgan fingerprint density at radius 3 is 2.56 bits per heavy atom. The van der Waals surface area contributed by atoms with Crippen molar-refractivity contribution in [1.82, 2.24) is 20.4 Å². The predicted molar refractivity (Wildman–Crippen MR) is 127 cm³/mol. The first-order valence-electron chi connectivity index (χ1n) is 11.5. The standard InChI is InChI=1S/C25H32F2N4O3/c1-15(2)13-31-22-11-20(25(33)30-19(14-32)7-8-28-16(3)4)24(9-17(22)12-29-31)34-23-6-5-18(26)10-21(23)27/h5-6,9-12,15-16,19,28,32H,7-8,13-14H2,1-4H3,(H,30,33)/t19-/m0/s1. The lowest BCUT2D eigenvalue weighted by Gasteiger charge is -2.19. The summed E-state index contributed by atoms with van der Waals surface area (Å²) in [4.78, 5) is 13.3. The van der Waals surface area contributed by atoms with Gasteiger partial charge in [0.15, 0.2) is 11.6 Å². The smallest absolute Gasteiger partial charge is 0.255 e. The van der Waals surface area contributed by atoms with E-state index in [9.17, 15) is 18.7 Å². The molecule has 0 spiro atoms. The van der Waals surface area contributed by atoms with Gasteiger partial charge in [0.1, 0.15) is 11.6 Å². The molecule has 0 aliphatic carbocycles. The molecule has 0 unspecified atom stereocenters. The molecule has 3 N–H and O–H groups in total. The Hall–Kier alpha value is -3.04. The Balaban J connectivity index is 1.96. The second-order valence-corrected chi connectivity index (χ2v) is 9.05. The molecule has 3 rings (SSSR count). The monoisotopic (exact) mass is 474 g/mol. The number of ether oxygens (including phenoxy) is 1. The summed E-state index contributed by atoms with van der Waals surface area (Å²) in [5.74, 6) is -1.85. The van der Waals surface area contributed by atoms with E-state index in [2.05, 4.69) is 29.6 Å². The van der Waals surface area contributed by atoms with Crippen LogP contribution in [-0.2, 0) is 6.54 Å². The molecule has 1 aromatic heterocycles. The molecule has 0 aliphatic heterocycles. The summed E-state index contributed by atoms with van der Waals surface area (Å²) in [7, 11) is 0. The van der Waals surface area contributed by atoms with Gasteiger partial charge in [-0.05, 0) is 43.1 Å². The molecule has 0 radical (unpaired) electrons. The van der Waals surface area contributed by atoms with E-state index in [1.165, 1.54) is 6.07 Å². The summed E-state index contributed by atoms with van der Waals surface area (Å²) >= 11 is 0. The number of fused-ring (bicyclic) bond motifs is 1.